The zero-order valence-electron chi connectivity index (χ0n) is 11.9. The van der Waals surface area contributed by atoms with E-state index in [4.69, 9.17) is 5.26 Å². The molecule has 0 saturated heterocycles. The molecular formula is C17H19N3. The summed E-state index contributed by atoms with van der Waals surface area (Å²) in [4.78, 5) is 4.39. The van der Waals surface area contributed by atoms with Crippen LogP contribution in [0.25, 0.3) is 0 Å². The van der Waals surface area contributed by atoms with E-state index in [0.717, 1.165) is 24.5 Å². The monoisotopic (exact) mass is 265 g/mol. The Hall–Kier alpha value is -2.34. The highest BCUT2D eigenvalue weighted by Crippen LogP contribution is 2.18. The van der Waals surface area contributed by atoms with Crippen LogP contribution in [0.4, 0.5) is 5.82 Å². The molecule has 20 heavy (non-hydrogen) atoms. The summed E-state index contributed by atoms with van der Waals surface area (Å²) in [6.45, 7) is 4.97. The Morgan fingerprint density at radius 3 is 2.70 bits per heavy atom. The maximum Gasteiger partial charge on any atom is 0.127 e. The molecule has 0 bridgehead atoms. The highest BCUT2D eigenvalue weighted by Gasteiger charge is 2.05. The van der Waals surface area contributed by atoms with Crippen LogP contribution in [0.5, 0.6) is 0 Å². The van der Waals surface area contributed by atoms with Crippen molar-refractivity contribution in [2.24, 2.45) is 0 Å². The van der Waals surface area contributed by atoms with E-state index in [2.05, 4.69) is 47.6 Å². The first kappa shape index (κ1) is 14.1. The average Bonchev–Trinajstić information content (AvgIpc) is 2.47. The normalized spacial score (nSPS) is 11.7. The lowest BCUT2D eigenvalue weighted by molar-refractivity contribution is 0.704. The summed E-state index contributed by atoms with van der Waals surface area (Å²) in [7, 11) is 0. The lowest BCUT2D eigenvalue weighted by atomic mass is 9.98. The van der Waals surface area contributed by atoms with E-state index in [-0.39, 0.29) is 0 Å². The summed E-state index contributed by atoms with van der Waals surface area (Å²) in [5.74, 6) is 1.28. The zero-order valence-corrected chi connectivity index (χ0v) is 11.9. The Bertz CT molecular complexity index is 599. The molecule has 0 aliphatic heterocycles. The number of aromatic nitrogens is 1. The van der Waals surface area contributed by atoms with Gasteiger partial charge in [-0.25, -0.2) is 4.98 Å². The van der Waals surface area contributed by atoms with Crippen LogP contribution < -0.4 is 5.32 Å². The number of pyridine rings is 1. The Labute approximate surface area is 120 Å². The molecule has 0 aliphatic rings. The Morgan fingerprint density at radius 2 is 2.00 bits per heavy atom. The standard InChI is InChI=1S/C17H19N3/c1-13(16-6-4-3-5-7-16)8-9-19-17-11-15(12-18)10-14(2)20-17/h3-7,10-11,13H,8-9H2,1-2H3,(H,19,20). The van der Waals surface area contributed by atoms with Crippen molar-refractivity contribution in [3.8, 4) is 6.07 Å². The summed E-state index contributed by atoms with van der Waals surface area (Å²) in [6, 6.07) is 16.2. The van der Waals surface area contributed by atoms with E-state index in [0.29, 0.717) is 11.5 Å². The molecule has 1 heterocycles. The maximum absolute atomic E-state index is 8.94. The molecule has 0 aliphatic carbocycles. The van der Waals surface area contributed by atoms with Gasteiger partial charge in [0.25, 0.3) is 0 Å². The van der Waals surface area contributed by atoms with Gasteiger partial charge in [-0.05, 0) is 37.0 Å². The fraction of sp³-hybridized carbons (Fsp3) is 0.294. The van der Waals surface area contributed by atoms with Gasteiger partial charge in [-0.1, -0.05) is 37.3 Å². The topological polar surface area (TPSA) is 48.7 Å². The van der Waals surface area contributed by atoms with E-state index in [1.165, 1.54) is 5.56 Å². The number of hydrogen-bond donors (Lipinski definition) is 1. The largest absolute Gasteiger partial charge is 0.370 e. The number of rotatable bonds is 5. The minimum absolute atomic E-state index is 0.504. The van der Waals surface area contributed by atoms with Crippen molar-refractivity contribution in [2.45, 2.75) is 26.2 Å². The van der Waals surface area contributed by atoms with E-state index < -0.39 is 0 Å². The first-order valence-corrected chi connectivity index (χ1v) is 6.86. The molecule has 3 nitrogen and oxygen atoms in total. The van der Waals surface area contributed by atoms with Crippen molar-refractivity contribution in [1.82, 2.24) is 4.98 Å². The highest BCUT2D eigenvalue weighted by molar-refractivity contribution is 5.44. The fourth-order valence-electron chi connectivity index (χ4n) is 2.19. The van der Waals surface area contributed by atoms with Gasteiger partial charge in [0.1, 0.15) is 5.82 Å². The third-order valence-corrected chi connectivity index (χ3v) is 3.33. The Morgan fingerprint density at radius 1 is 1.25 bits per heavy atom. The van der Waals surface area contributed by atoms with E-state index in [1.54, 1.807) is 12.1 Å². The molecule has 0 fully saturated rings. The molecule has 1 atom stereocenters. The Kier molecular flexibility index (Phi) is 4.73. The van der Waals surface area contributed by atoms with Gasteiger partial charge in [-0.15, -0.1) is 0 Å². The third kappa shape index (κ3) is 3.83. The van der Waals surface area contributed by atoms with Gasteiger partial charge in [-0.3, -0.25) is 0 Å². The van der Waals surface area contributed by atoms with Crippen molar-refractivity contribution in [3.63, 3.8) is 0 Å². The second kappa shape index (κ2) is 6.72. The van der Waals surface area contributed by atoms with Crippen LogP contribution in [0.1, 0.15) is 36.1 Å². The van der Waals surface area contributed by atoms with E-state index in [1.807, 2.05) is 13.0 Å². The molecule has 1 N–H and O–H groups in total. The molecule has 2 rings (SSSR count). The smallest absolute Gasteiger partial charge is 0.127 e. The maximum atomic E-state index is 8.94. The van der Waals surface area contributed by atoms with Gasteiger partial charge in [0, 0.05) is 12.2 Å². The molecule has 3 heteroatoms. The van der Waals surface area contributed by atoms with Crippen molar-refractivity contribution >= 4 is 5.82 Å². The number of nitrogens with one attached hydrogen (secondary N) is 1. The van der Waals surface area contributed by atoms with Crippen LogP contribution >= 0.6 is 0 Å². The molecule has 102 valence electrons. The van der Waals surface area contributed by atoms with Crippen LogP contribution in [-0.2, 0) is 0 Å². The van der Waals surface area contributed by atoms with Crippen LogP contribution in [0, 0.1) is 18.3 Å². The van der Waals surface area contributed by atoms with E-state index >= 15 is 0 Å². The molecule has 0 radical (unpaired) electrons. The first-order valence-electron chi connectivity index (χ1n) is 6.86. The lowest BCUT2D eigenvalue weighted by Crippen LogP contribution is -2.07. The van der Waals surface area contributed by atoms with Gasteiger partial charge in [0.05, 0.1) is 11.6 Å². The predicted molar refractivity (Wildman–Crippen MR) is 81.7 cm³/mol. The summed E-state index contributed by atoms with van der Waals surface area (Å²) in [5, 5.41) is 12.2. The van der Waals surface area contributed by atoms with Crippen LogP contribution in [0.2, 0.25) is 0 Å². The average molecular weight is 265 g/mol. The van der Waals surface area contributed by atoms with Crippen molar-refractivity contribution in [1.29, 1.82) is 5.26 Å². The summed E-state index contributed by atoms with van der Waals surface area (Å²) in [6.07, 6.45) is 1.03. The molecule has 2 aromatic rings. The molecular weight excluding hydrogens is 246 g/mol. The number of hydrogen-bond acceptors (Lipinski definition) is 3. The molecule has 0 saturated carbocycles. The molecule has 0 amide bonds. The molecule has 0 spiro atoms. The molecule has 1 aromatic carbocycles. The summed E-state index contributed by atoms with van der Waals surface area (Å²) in [5.41, 5.74) is 2.86. The first-order chi connectivity index (χ1) is 9.69. The number of benzene rings is 1. The highest BCUT2D eigenvalue weighted by atomic mass is 15.0. The van der Waals surface area contributed by atoms with Crippen LogP contribution in [0.15, 0.2) is 42.5 Å². The molecule has 1 aromatic heterocycles. The number of anilines is 1. The third-order valence-electron chi connectivity index (χ3n) is 3.33. The van der Waals surface area contributed by atoms with Gasteiger partial charge in [0.15, 0.2) is 0 Å². The number of aryl methyl sites for hydroxylation is 1. The van der Waals surface area contributed by atoms with Gasteiger partial charge in [0.2, 0.25) is 0 Å². The summed E-state index contributed by atoms with van der Waals surface area (Å²) < 4.78 is 0. The minimum Gasteiger partial charge on any atom is -0.370 e. The van der Waals surface area contributed by atoms with Crippen LogP contribution in [0.3, 0.4) is 0 Å². The van der Waals surface area contributed by atoms with Gasteiger partial charge in [-0.2, -0.15) is 5.26 Å². The van der Waals surface area contributed by atoms with Crippen molar-refractivity contribution in [3.05, 3.63) is 59.3 Å². The fourth-order valence-corrected chi connectivity index (χ4v) is 2.19. The second-order valence-electron chi connectivity index (χ2n) is 5.02. The minimum atomic E-state index is 0.504. The predicted octanol–water partition coefficient (Wildman–Crippen LogP) is 3.87. The Balaban J connectivity index is 1.90. The van der Waals surface area contributed by atoms with Crippen molar-refractivity contribution in [2.75, 3.05) is 11.9 Å². The zero-order chi connectivity index (χ0) is 14.4. The summed E-state index contributed by atoms with van der Waals surface area (Å²) >= 11 is 0. The van der Waals surface area contributed by atoms with E-state index in [9.17, 15) is 0 Å². The SMILES string of the molecule is Cc1cc(C#N)cc(NCCC(C)c2ccccc2)n1. The quantitative estimate of drug-likeness (QED) is 0.892. The van der Waals surface area contributed by atoms with Gasteiger partial charge < -0.3 is 5.32 Å². The number of nitrogens with zero attached hydrogens (tertiary/aromatic N) is 2. The lowest BCUT2D eigenvalue weighted by Gasteiger charge is -2.13. The van der Waals surface area contributed by atoms with Crippen LogP contribution in [-0.4, -0.2) is 11.5 Å². The number of nitriles is 1. The van der Waals surface area contributed by atoms with Crippen molar-refractivity contribution < 1.29 is 0 Å². The second-order valence-corrected chi connectivity index (χ2v) is 5.02. The van der Waals surface area contributed by atoms with Gasteiger partial charge >= 0.3 is 0 Å². The molecule has 1 unspecified atom stereocenters.